The van der Waals surface area contributed by atoms with Gasteiger partial charge in [-0.15, -0.1) is 0 Å². The number of nitrogens with zero attached hydrogens (tertiary/aromatic N) is 2. The van der Waals surface area contributed by atoms with Gasteiger partial charge in [-0.1, -0.05) is 13.8 Å². The number of carboxylic acids is 1. The van der Waals surface area contributed by atoms with Crippen LogP contribution in [0.15, 0.2) is 34.1 Å². The van der Waals surface area contributed by atoms with E-state index in [-0.39, 0.29) is 29.3 Å². The lowest BCUT2D eigenvalue weighted by molar-refractivity contribution is -0.141. The van der Waals surface area contributed by atoms with E-state index in [4.69, 9.17) is 5.11 Å². The molecule has 1 aromatic rings. The van der Waals surface area contributed by atoms with Gasteiger partial charge in [0.1, 0.15) is 0 Å². The molecule has 1 heterocycles. The van der Waals surface area contributed by atoms with Crippen LogP contribution in [0.25, 0.3) is 0 Å². The molecule has 1 unspecified atom stereocenters. The summed E-state index contributed by atoms with van der Waals surface area (Å²) in [6.07, 6.45) is 0.267. The van der Waals surface area contributed by atoms with Gasteiger partial charge in [-0.2, -0.15) is 8.61 Å². The predicted octanol–water partition coefficient (Wildman–Crippen LogP) is 0.812. The first-order chi connectivity index (χ1) is 11.6. The summed E-state index contributed by atoms with van der Waals surface area (Å²) in [4.78, 5) is 11.0. The van der Waals surface area contributed by atoms with Crippen LogP contribution in [0.2, 0.25) is 0 Å². The van der Waals surface area contributed by atoms with Crippen LogP contribution in [0.3, 0.4) is 0 Å². The van der Waals surface area contributed by atoms with Gasteiger partial charge in [-0.05, 0) is 30.7 Å². The van der Waals surface area contributed by atoms with E-state index in [0.717, 1.165) is 4.31 Å². The van der Waals surface area contributed by atoms with Gasteiger partial charge in [-0.3, -0.25) is 4.79 Å². The van der Waals surface area contributed by atoms with Crippen molar-refractivity contribution in [2.45, 2.75) is 30.1 Å². The Balaban J connectivity index is 2.26. The predicted molar refractivity (Wildman–Crippen MR) is 91.1 cm³/mol. The summed E-state index contributed by atoms with van der Waals surface area (Å²) in [5.41, 5.74) is 0. The Bertz CT molecular complexity index is 829. The Morgan fingerprint density at radius 1 is 1.12 bits per heavy atom. The van der Waals surface area contributed by atoms with E-state index in [9.17, 15) is 21.6 Å². The highest BCUT2D eigenvalue weighted by molar-refractivity contribution is 7.89. The van der Waals surface area contributed by atoms with Crippen molar-refractivity contribution < 1.29 is 26.7 Å². The molecule has 1 aromatic carbocycles. The number of aliphatic carboxylic acids is 1. The van der Waals surface area contributed by atoms with E-state index in [2.05, 4.69) is 0 Å². The molecule has 1 aliphatic heterocycles. The van der Waals surface area contributed by atoms with Gasteiger partial charge in [0.05, 0.1) is 15.7 Å². The molecule has 1 fully saturated rings. The minimum Gasteiger partial charge on any atom is -0.481 e. The zero-order chi connectivity index (χ0) is 18.8. The van der Waals surface area contributed by atoms with Crippen LogP contribution in [0.1, 0.15) is 20.3 Å². The maximum Gasteiger partial charge on any atom is 0.307 e. The van der Waals surface area contributed by atoms with Gasteiger partial charge in [0.15, 0.2) is 0 Å². The molecule has 1 aliphatic rings. The Labute approximate surface area is 148 Å². The zero-order valence-electron chi connectivity index (χ0n) is 14.1. The van der Waals surface area contributed by atoms with Crippen molar-refractivity contribution in [1.29, 1.82) is 0 Å². The van der Waals surface area contributed by atoms with Crippen molar-refractivity contribution in [1.82, 2.24) is 8.61 Å². The molecule has 10 heteroatoms. The summed E-state index contributed by atoms with van der Waals surface area (Å²) < 4.78 is 52.4. The molecule has 0 aliphatic carbocycles. The van der Waals surface area contributed by atoms with E-state index in [1.54, 1.807) is 13.8 Å². The molecule has 140 valence electrons. The number of rotatable bonds is 7. The lowest BCUT2D eigenvalue weighted by Crippen LogP contribution is -2.31. The largest absolute Gasteiger partial charge is 0.481 e. The zero-order valence-corrected chi connectivity index (χ0v) is 15.8. The van der Waals surface area contributed by atoms with Crippen LogP contribution < -0.4 is 0 Å². The molecule has 0 radical (unpaired) electrons. The summed E-state index contributed by atoms with van der Waals surface area (Å²) >= 11 is 0. The first kappa shape index (κ1) is 19.8. The molecule has 25 heavy (non-hydrogen) atoms. The van der Waals surface area contributed by atoms with Crippen LogP contribution in [0.5, 0.6) is 0 Å². The van der Waals surface area contributed by atoms with Crippen LogP contribution in [0.4, 0.5) is 0 Å². The molecule has 0 saturated carbocycles. The lowest BCUT2D eigenvalue weighted by atomic mass is 10.1. The molecular weight excluding hydrogens is 368 g/mol. The van der Waals surface area contributed by atoms with E-state index in [1.165, 1.54) is 28.6 Å². The van der Waals surface area contributed by atoms with Crippen molar-refractivity contribution in [3.63, 3.8) is 0 Å². The average molecular weight is 390 g/mol. The second-order valence-electron chi connectivity index (χ2n) is 5.75. The number of sulfonamides is 2. The number of benzene rings is 1. The smallest absolute Gasteiger partial charge is 0.307 e. The van der Waals surface area contributed by atoms with Gasteiger partial charge in [-0.25, -0.2) is 16.8 Å². The van der Waals surface area contributed by atoms with E-state index < -0.39 is 31.9 Å². The van der Waals surface area contributed by atoms with Crippen molar-refractivity contribution in [3.8, 4) is 0 Å². The normalized spacial score (nSPS) is 19.4. The van der Waals surface area contributed by atoms with Crippen LogP contribution in [-0.4, -0.2) is 62.7 Å². The van der Waals surface area contributed by atoms with Gasteiger partial charge < -0.3 is 5.11 Å². The van der Waals surface area contributed by atoms with Crippen LogP contribution >= 0.6 is 0 Å². The fourth-order valence-electron chi connectivity index (χ4n) is 2.79. The molecule has 2 rings (SSSR count). The third-order valence-electron chi connectivity index (χ3n) is 4.30. The SMILES string of the molecule is CCN(CC)S(=O)(=O)c1ccc(S(=O)(=O)N2CCC(C(=O)O)C2)cc1. The standard InChI is InChI=1S/C15H22N2O6S2/c1-3-16(4-2)24(20,21)13-5-7-14(8-6-13)25(22,23)17-10-9-12(11-17)15(18)19/h5-8,12H,3-4,9-11H2,1-2H3,(H,18,19). The van der Waals surface area contributed by atoms with Gasteiger partial charge in [0, 0.05) is 26.2 Å². The van der Waals surface area contributed by atoms with Crippen LogP contribution in [-0.2, 0) is 24.8 Å². The molecule has 8 nitrogen and oxygen atoms in total. The topological polar surface area (TPSA) is 112 Å². The summed E-state index contributed by atoms with van der Waals surface area (Å²) in [6, 6.07) is 5.04. The second-order valence-corrected chi connectivity index (χ2v) is 9.62. The number of hydrogen-bond donors (Lipinski definition) is 1. The first-order valence-electron chi connectivity index (χ1n) is 7.97. The minimum absolute atomic E-state index is 0.0278. The van der Waals surface area contributed by atoms with E-state index in [0.29, 0.717) is 13.1 Å². The van der Waals surface area contributed by atoms with E-state index >= 15 is 0 Å². The minimum atomic E-state index is -3.84. The molecule has 1 atom stereocenters. The summed E-state index contributed by atoms with van der Waals surface area (Å²) in [5.74, 6) is -1.73. The number of carboxylic acid groups (broad SMARTS) is 1. The highest BCUT2D eigenvalue weighted by atomic mass is 32.2. The second kappa shape index (κ2) is 7.40. The number of carbonyl (C=O) groups is 1. The van der Waals surface area contributed by atoms with Gasteiger partial charge in [0.2, 0.25) is 20.0 Å². The fourth-order valence-corrected chi connectivity index (χ4v) is 5.75. The maximum atomic E-state index is 12.6. The third-order valence-corrected chi connectivity index (χ3v) is 8.25. The number of hydrogen-bond acceptors (Lipinski definition) is 5. The molecule has 1 saturated heterocycles. The molecule has 0 aromatic heterocycles. The highest BCUT2D eigenvalue weighted by Gasteiger charge is 2.36. The lowest BCUT2D eigenvalue weighted by Gasteiger charge is -2.19. The van der Waals surface area contributed by atoms with Gasteiger partial charge >= 0.3 is 5.97 Å². The van der Waals surface area contributed by atoms with Crippen LogP contribution in [0, 0.1) is 5.92 Å². The Morgan fingerprint density at radius 2 is 1.64 bits per heavy atom. The quantitative estimate of drug-likeness (QED) is 0.737. The average Bonchev–Trinajstić information content (AvgIpc) is 3.07. The highest BCUT2D eigenvalue weighted by Crippen LogP contribution is 2.26. The van der Waals surface area contributed by atoms with Crippen molar-refractivity contribution in [2.75, 3.05) is 26.2 Å². The molecule has 0 bridgehead atoms. The first-order valence-corrected chi connectivity index (χ1v) is 10.9. The van der Waals surface area contributed by atoms with Crippen molar-refractivity contribution in [2.24, 2.45) is 5.92 Å². The molecule has 0 amide bonds. The summed E-state index contributed by atoms with van der Waals surface area (Å²) in [7, 11) is -7.49. The molecule has 1 N–H and O–H groups in total. The molecule has 0 spiro atoms. The summed E-state index contributed by atoms with van der Waals surface area (Å²) in [6.45, 7) is 4.17. The Kier molecular flexibility index (Phi) is 5.87. The Morgan fingerprint density at radius 3 is 2.08 bits per heavy atom. The summed E-state index contributed by atoms with van der Waals surface area (Å²) in [5, 5.41) is 9.00. The fraction of sp³-hybridized carbons (Fsp3) is 0.533. The van der Waals surface area contributed by atoms with Gasteiger partial charge in [0.25, 0.3) is 0 Å². The van der Waals surface area contributed by atoms with E-state index in [1.807, 2.05) is 0 Å². The molecular formula is C15H22N2O6S2. The van der Waals surface area contributed by atoms with Crippen molar-refractivity contribution in [3.05, 3.63) is 24.3 Å². The Hall–Kier alpha value is -1.49. The van der Waals surface area contributed by atoms with Crippen molar-refractivity contribution >= 4 is 26.0 Å². The maximum absolute atomic E-state index is 12.6. The monoisotopic (exact) mass is 390 g/mol. The third kappa shape index (κ3) is 3.86.